The quantitative estimate of drug-likeness (QED) is 0.655. The van der Waals surface area contributed by atoms with Crippen molar-refractivity contribution >= 4 is 5.91 Å². The fraction of sp³-hybridized carbons (Fsp3) is 0.333. The first-order valence-electron chi connectivity index (χ1n) is 10.6. The number of ether oxygens (including phenoxy) is 1. The van der Waals surface area contributed by atoms with E-state index in [1.54, 1.807) is 9.58 Å². The van der Waals surface area contributed by atoms with E-state index in [0.717, 1.165) is 6.07 Å². The van der Waals surface area contributed by atoms with Gasteiger partial charge in [0.25, 0.3) is 0 Å². The first-order chi connectivity index (χ1) is 15.8. The number of carbonyl (C=O) groups is 1. The monoisotopic (exact) mass is 457 g/mol. The van der Waals surface area contributed by atoms with Crippen LogP contribution in [0.5, 0.6) is 5.75 Å². The molecule has 2 aromatic carbocycles. The molecule has 1 aliphatic carbocycles. The van der Waals surface area contributed by atoms with Crippen molar-refractivity contribution in [2.75, 3.05) is 13.7 Å². The number of nitrogens with zero attached hydrogens (tertiary/aromatic N) is 3. The molecule has 9 heteroatoms. The summed E-state index contributed by atoms with van der Waals surface area (Å²) in [7, 11) is 1.47. The fourth-order valence-electron chi connectivity index (χ4n) is 4.90. The number of fused-ring (bicyclic) bond motifs is 2. The van der Waals surface area contributed by atoms with E-state index < -0.39 is 29.6 Å². The number of amides is 1. The highest BCUT2D eigenvalue weighted by Gasteiger charge is 2.39. The minimum absolute atomic E-state index is 0.0170. The molecule has 0 radical (unpaired) electrons. The maximum absolute atomic E-state index is 14.9. The highest BCUT2D eigenvalue weighted by atomic mass is 19.1. The maximum Gasteiger partial charge on any atom is 0.219 e. The van der Waals surface area contributed by atoms with Gasteiger partial charge in [-0.1, -0.05) is 0 Å². The second-order valence-corrected chi connectivity index (χ2v) is 8.43. The van der Waals surface area contributed by atoms with Gasteiger partial charge in [-0.2, -0.15) is 5.10 Å². The smallest absolute Gasteiger partial charge is 0.219 e. The average molecular weight is 457 g/mol. The number of hydrogen-bond donors (Lipinski definition) is 1. The molecule has 3 aromatic rings. The predicted molar refractivity (Wildman–Crippen MR) is 113 cm³/mol. The lowest BCUT2D eigenvalue weighted by atomic mass is 9.99. The fourth-order valence-corrected chi connectivity index (χ4v) is 4.90. The number of aliphatic hydroxyl groups is 1. The molecule has 0 saturated heterocycles. The first kappa shape index (κ1) is 21.5. The van der Waals surface area contributed by atoms with Gasteiger partial charge in [-0.3, -0.25) is 9.48 Å². The van der Waals surface area contributed by atoms with Gasteiger partial charge < -0.3 is 14.7 Å². The van der Waals surface area contributed by atoms with Crippen LogP contribution in [0.15, 0.2) is 30.3 Å². The number of aromatic nitrogens is 2. The number of carbonyl (C=O) groups excluding carboxylic acids is 1. The number of halogens is 3. The van der Waals surface area contributed by atoms with Crippen molar-refractivity contribution in [2.45, 2.75) is 38.5 Å². The summed E-state index contributed by atoms with van der Waals surface area (Å²) in [6, 6.07) is 5.47. The Hall–Kier alpha value is -3.33. The maximum atomic E-state index is 14.9. The van der Waals surface area contributed by atoms with Crippen LogP contribution in [0, 0.1) is 17.5 Å². The third-order valence-electron chi connectivity index (χ3n) is 6.51. The van der Waals surface area contributed by atoms with Crippen molar-refractivity contribution in [3.63, 3.8) is 0 Å². The van der Waals surface area contributed by atoms with Crippen LogP contribution in [0.1, 0.15) is 35.3 Å². The lowest BCUT2D eigenvalue weighted by Gasteiger charge is -2.28. The SMILES string of the molecule is COc1ccc(F)c(-c2nn(C3c4cc(F)cc(F)c4C[C@H]3O)c3c2CN(C(C)=O)CC3)c1. The number of aliphatic hydroxyl groups excluding tert-OH is 1. The van der Waals surface area contributed by atoms with Gasteiger partial charge in [0, 0.05) is 55.7 Å². The van der Waals surface area contributed by atoms with E-state index in [-0.39, 0.29) is 30.0 Å². The summed E-state index contributed by atoms with van der Waals surface area (Å²) in [5, 5.41) is 15.5. The molecule has 1 aliphatic heterocycles. The molecular weight excluding hydrogens is 435 g/mol. The van der Waals surface area contributed by atoms with Crippen LogP contribution in [0.2, 0.25) is 0 Å². The summed E-state index contributed by atoms with van der Waals surface area (Å²) in [6.45, 7) is 2.09. The zero-order chi connectivity index (χ0) is 23.4. The van der Waals surface area contributed by atoms with Crippen molar-refractivity contribution in [3.05, 3.63) is 70.2 Å². The molecule has 2 atom stereocenters. The van der Waals surface area contributed by atoms with E-state index in [1.165, 1.54) is 38.3 Å². The van der Waals surface area contributed by atoms with Gasteiger partial charge in [0.05, 0.1) is 13.2 Å². The molecule has 1 amide bonds. The summed E-state index contributed by atoms with van der Waals surface area (Å²) in [5.74, 6) is -1.67. The molecule has 5 rings (SSSR count). The molecule has 1 N–H and O–H groups in total. The third kappa shape index (κ3) is 3.47. The number of hydrogen-bond acceptors (Lipinski definition) is 4. The van der Waals surface area contributed by atoms with Gasteiger partial charge >= 0.3 is 0 Å². The number of methoxy groups -OCH3 is 1. The molecule has 172 valence electrons. The van der Waals surface area contributed by atoms with Gasteiger partial charge in [0.2, 0.25) is 5.91 Å². The second kappa shape index (κ2) is 7.91. The van der Waals surface area contributed by atoms with E-state index in [4.69, 9.17) is 4.74 Å². The standard InChI is InChI=1S/C24H22F3N3O3/c1-12(31)29-6-5-21-18(11-29)23(17-9-14(33-2)3-4-19(17)26)28-30(21)24-16-7-13(25)8-20(27)15(16)10-22(24)32/h3-4,7-9,22,24,32H,5-6,10-11H2,1-2H3/t22-,24?/m1/s1. The summed E-state index contributed by atoms with van der Waals surface area (Å²) in [4.78, 5) is 13.7. The highest BCUT2D eigenvalue weighted by Crippen LogP contribution is 2.41. The van der Waals surface area contributed by atoms with Crippen LogP contribution in [0.3, 0.4) is 0 Å². The van der Waals surface area contributed by atoms with E-state index >= 15 is 0 Å². The predicted octanol–water partition coefficient (Wildman–Crippen LogP) is 3.39. The minimum Gasteiger partial charge on any atom is -0.497 e. The number of rotatable bonds is 3. The Morgan fingerprint density at radius 1 is 1.15 bits per heavy atom. The van der Waals surface area contributed by atoms with Gasteiger partial charge in [-0.15, -0.1) is 0 Å². The molecule has 1 aromatic heterocycles. The summed E-state index contributed by atoms with van der Waals surface area (Å²) in [5.41, 5.74) is 2.40. The summed E-state index contributed by atoms with van der Waals surface area (Å²) >= 11 is 0. The summed E-state index contributed by atoms with van der Waals surface area (Å²) < 4.78 is 50.2. The Kier molecular flexibility index (Phi) is 5.16. The third-order valence-corrected chi connectivity index (χ3v) is 6.51. The first-order valence-corrected chi connectivity index (χ1v) is 10.6. The van der Waals surface area contributed by atoms with Crippen LogP contribution in [0.25, 0.3) is 11.3 Å². The van der Waals surface area contributed by atoms with E-state index in [1.807, 2.05) is 0 Å². The topological polar surface area (TPSA) is 67.6 Å². The van der Waals surface area contributed by atoms with Crippen LogP contribution in [-0.2, 0) is 24.2 Å². The van der Waals surface area contributed by atoms with Crippen molar-refractivity contribution < 1.29 is 27.8 Å². The molecule has 2 aliphatic rings. The molecule has 1 unspecified atom stereocenters. The zero-order valence-electron chi connectivity index (χ0n) is 18.1. The van der Waals surface area contributed by atoms with Crippen molar-refractivity contribution in [2.24, 2.45) is 0 Å². The van der Waals surface area contributed by atoms with Crippen LogP contribution in [-0.4, -0.2) is 45.5 Å². The van der Waals surface area contributed by atoms with Crippen LogP contribution in [0.4, 0.5) is 13.2 Å². The zero-order valence-corrected chi connectivity index (χ0v) is 18.1. The molecule has 6 nitrogen and oxygen atoms in total. The molecule has 0 spiro atoms. The van der Waals surface area contributed by atoms with Crippen LogP contribution < -0.4 is 4.74 Å². The van der Waals surface area contributed by atoms with Crippen LogP contribution >= 0.6 is 0 Å². The molecule has 0 fully saturated rings. The normalized spacial score (nSPS) is 19.4. The molecule has 0 bridgehead atoms. The Bertz CT molecular complexity index is 1270. The average Bonchev–Trinajstić information content (AvgIpc) is 3.30. The lowest BCUT2D eigenvalue weighted by Crippen LogP contribution is -2.35. The van der Waals surface area contributed by atoms with Crippen molar-refractivity contribution in [1.29, 1.82) is 0 Å². The Labute approximate surface area is 188 Å². The number of benzene rings is 2. The van der Waals surface area contributed by atoms with Gasteiger partial charge in [-0.05, 0) is 35.4 Å². The lowest BCUT2D eigenvalue weighted by molar-refractivity contribution is -0.129. The van der Waals surface area contributed by atoms with Gasteiger partial charge in [-0.25, -0.2) is 13.2 Å². The van der Waals surface area contributed by atoms with E-state index in [9.17, 15) is 23.1 Å². The molecule has 2 heterocycles. The van der Waals surface area contributed by atoms with Gasteiger partial charge in [0.15, 0.2) is 0 Å². The highest BCUT2D eigenvalue weighted by molar-refractivity contribution is 5.75. The molecule has 0 saturated carbocycles. The Morgan fingerprint density at radius 2 is 1.94 bits per heavy atom. The molecule has 33 heavy (non-hydrogen) atoms. The minimum atomic E-state index is -1.03. The van der Waals surface area contributed by atoms with E-state index in [0.29, 0.717) is 41.2 Å². The largest absolute Gasteiger partial charge is 0.497 e. The van der Waals surface area contributed by atoms with E-state index in [2.05, 4.69) is 5.10 Å². The Balaban J connectivity index is 1.72. The second-order valence-electron chi connectivity index (χ2n) is 8.43. The molecular formula is C24H22F3N3O3. The van der Waals surface area contributed by atoms with Crippen molar-refractivity contribution in [3.8, 4) is 17.0 Å². The summed E-state index contributed by atoms with van der Waals surface area (Å²) in [6.07, 6.45) is -0.610. The van der Waals surface area contributed by atoms with Crippen molar-refractivity contribution in [1.82, 2.24) is 14.7 Å². The van der Waals surface area contributed by atoms with Gasteiger partial charge in [0.1, 0.15) is 34.9 Å². The Morgan fingerprint density at radius 3 is 2.67 bits per heavy atom.